The van der Waals surface area contributed by atoms with Crippen molar-refractivity contribution in [3.05, 3.63) is 97.5 Å². The Bertz CT molecular complexity index is 1250. The zero-order valence-electron chi connectivity index (χ0n) is 17.0. The fourth-order valence-corrected chi connectivity index (χ4v) is 3.16. The summed E-state index contributed by atoms with van der Waals surface area (Å²) in [6, 6.07) is 13.2. The predicted molar refractivity (Wildman–Crippen MR) is 121 cm³/mol. The second kappa shape index (κ2) is 10.3. The summed E-state index contributed by atoms with van der Waals surface area (Å²) in [7, 11) is 0. The monoisotopic (exact) mass is 537 g/mol. The maximum atomic E-state index is 12.9. The SMILES string of the molecule is O=C(O)c1ccc(COc2ccc(Br)cc2/C=N\Nc2ccc(C(F)(F)F)cc2[N+](=O)[O-])cc1. The molecule has 0 atom stereocenters. The Hall–Kier alpha value is -3.93. The van der Waals surface area contributed by atoms with Crippen LogP contribution in [0.1, 0.15) is 27.0 Å². The van der Waals surface area contributed by atoms with Gasteiger partial charge in [0.25, 0.3) is 5.69 Å². The van der Waals surface area contributed by atoms with Crippen LogP contribution in [-0.4, -0.2) is 22.2 Å². The lowest BCUT2D eigenvalue weighted by molar-refractivity contribution is -0.384. The van der Waals surface area contributed by atoms with E-state index in [1.54, 1.807) is 30.3 Å². The molecule has 3 aromatic rings. The Kier molecular flexibility index (Phi) is 7.51. The molecule has 3 aromatic carbocycles. The number of halogens is 4. The van der Waals surface area contributed by atoms with Gasteiger partial charge in [0.2, 0.25) is 0 Å². The summed E-state index contributed by atoms with van der Waals surface area (Å²) in [5.41, 5.74) is 1.58. The normalized spacial score (nSPS) is 11.4. The molecule has 0 aliphatic heterocycles. The molecule has 0 aliphatic carbocycles. The molecular formula is C22H15BrF3N3O5. The zero-order valence-corrected chi connectivity index (χ0v) is 18.6. The van der Waals surface area contributed by atoms with Gasteiger partial charge in [0.05, 0.1) is 22.3 Å². The highest BCUT2D eigenvalue weighted by Gasteiger charge is 2.33. The molecule has 12 heteroatoms. The number of hydrogen-bond donors (Lipinski definition) is 2. The second-order valence-corrected chi connectivity index (χ2v) is 7.75. The van der Waals surface area contributed by atoms with E-state index < -0.39 is 28.3 Å². The highest BCUT2D eigenvalue weighted by Crippen LogP contribution is 2.35. The summed E-state index contributed by atoms with van der Waals surface area (Å²) in [4.78, 5) is 21.2. The van der Waals surface area contributed by atoms with Gasteiger partial charge < -0.3 is 9.84 Å². The van der Waals surface area contributed by atoms with Crippen LogP contribution in [0.4, 0.5) is 24.5 Å². The van der Waals surface area contributed by atoms with Gasteiger partial charge >= 0.3 is 12.1 Å². The highest BCUT2D eigenvalue weighted by molar-refractivity contribution is 9.10. The summed E-state index contributed by atoms with van der Waals surface area (Å²) < 4.78 is 45.0. The van der Waals surface area contributed by atoms with Crippen molar-refractivity contribution in [2.45, 2.75) is 12.8 Å². The fraction of sp³-hybridized carbons (Fsp3) is 0.0909. The molecule has 34 heavy (non-hydrogen) atoms. The molecule has 0 saturated carbocycles. The number of benzene rings is 3. The van der Waals surface area contributed by atoms with Crippen molar-refractivity contribution in [2.24, 2.45) is 5.10 Å². The standard InChI is InChI=1S/C22H15BrF3N3O5/c23-17-6-8-20(34-12-13-1-3-14(4-2-13)21(30)31)15(9-17)11-27-28-18-7-5-16(22(24,25)26)10-19(18)29(32)33/h1-11,28H,12H2,(H,30,31)/b27-11-. The van der Waals surface area contributed by atoms with Gasteiger partial charge in [0, 0.05) is 16.1 Å². The van der Waals surface area contributed by atoms with Gasteiger partial charge in [-0.1, -0.05) is 28.1 Å². The van der Waals surface area contributed by atoms with Crippen molar-refractivity contribution in [2.75, 3.05) is 5.43 Å². The molecule has 2 N–H and O–H groups in total. The van der Waals surface area contributed by atoms with Crippen molar-refractivity contribution >= 4 is 39.5 Å². The summed E-state index contributed by atoms with van der Waals surface area (Å²) in [6.07, 6.45) is -3.42. The smallest absolute Gasteiger partial charge is 0.416 e. The van der Waals surface area contributed by atoms with Gasteiger partial charge in [-0.2, -0.15) is 18.3 Å². The maximum absolute atomic E-state index is 12.9. The molecule has 0 radical (unpaired) electrons. The van der Waals surface area contributed by atoms with Crippen LogP contribution in [-0.2, 0) is 12.8 Å². The van der Waals surface area contributed by atoms with Crippen molar-refractivity contribution in [1.29, 1.82) is 0 Å². The molecule has 3 rings (SSSR count). The highest BCUT2D eigenvalue weighted by atomic mass is 79.9. The number of hydrazone groups is 1. The number of hydrogen-bond acceptors (Lipinski definition) is 6. The number of nitro groups is 1. The summed E-state index contributed by atoms with van der Waals surface area (Å²) >= 11 is 3.32. The lowest BCUT2D eigenvalue weighted by Crippen LogP contribution is -2.06. The van der Waals surface area contributed by atoms with Gasteiger partial charge in [-0.15, -0.1) is 0 Å². The first kappa shape index (κ1) is 24.7. The van der Waals surface area contributed by atoms with Crippen molar-refractivity contribution in [3.63, 3.8) is 0 Å². The molecule has 176 valence electrons. The minimum absolute atomic E-state index is 0.125. The first-order chi connectivity index (χ1) is 16.0. The molecule has 0 unspecified atom stereocenters. The first-order valence-corrected chi connectivity index (χ1v) is 10.2. The molecule has 0 bridgehead atoms. The van der Waals surface area contributed by atoms with Crippen LogP contribution < -0.4 is 10.2 Å². The number of carbonyl (C=O) groups is 1. The third-order valence-electron chi connectivity index (χ3n) is 4.48. The van der Waals surface area contributed by atoms with Crippen LogP contribution in [0, 0.1) is 10.1 Å². The largest absolute Gasteiger partial charge is 0.488 e. The van der Waals surface area contributed by atoms with Gasteiger partial charge in [-0.3, -0.25) is 15.5 Å². The number of alkyl halides is 3. The van der Waals surface area contributed by atoms with Crippen LogP contribution >= 0.6 is 15.9 Å². The quantitative estimate of drug-likeness (QED) is 0.204. The van der Waals surface area contributed by atoms with Crippen LogP contribution in [0.3, 0.4) is 0 Å². The molecule has 0 saturated heterocycles. The maximum Gasteiger partial charge on any atom is 0.416 e. The Balaban J connectivity index is 1.77. The number of carboxylic acid groups (broad SMARTS) is 1. The van der Waals surface area contributed by atoms with E-state index in [0.717, 1.165) is 6.07 Å². The topological polar surface area (TPSA) is 114 Å². The van der Waals surface area contributed by atoms with E-state index in [1.165, 1.54) is 18.3 Å². The molecule has 0 heterocycles. The van der Waals surface area contributed by atoms with Gasteiger partial charge in [-0.05, 0) is 48.0 Å². The van der Waals surface area contributed by atoms with Crippen LogP contribution in [0.2, 0.25) is 0 Å². The van der Waals surface area contributed by atoms with Crippen LogP contribution in [0.15, 0.2) is 70.2 Å². The van der Waals surface area contributed by atoms with Crippen molar-refractivity contribution in [3.8, 4) is 5.75 Å². The first-order valence-electron chi connectivity index (χ1n) is 9.44. The number of nitrogens with one attached hydrogen (secondary N) is 1. The number of carboxylic acids is 1. The molecule has 0 aliphatic rings. The molecule has 8 nitrogen and oxygen atoms in total. The minimum Gasteiger partial charge on any atom is -0.488 e. The Morgan fingerprint density at radius 2 is 1.85 bits per heavy atom. The second-order valence-electron chi connectivity index (χ2n) is 6.83. The Morgan fingerprint density at radius 3 is 2.47 bits per heavy atom. The number of nitro benzene ring substituents is 1. The predicted octanol–water partition coefficient (Wildman–Crippen LogP) is 6.10. The van der Waals surface area contributed by atoms with E-state index in [1.807, 2.05) is 0 Å². The third-order valence-corrected chi connectivity index (χ3v) is 4.97. The Labute approximate surface area is 199 Å². The van der Waals surface area contributed by atoms with E-state index >= 15 is 0 Å². The van der Waals surface area contributed by atoms with Crippen molar-refractivity contribution in [1.82, 2.24) is 0 Å². The number of anilines is 1. The summed E-state index contributed by atoms with van der Waals surface area (Å²) in [6.45, 7) is 0.125. The molecule has 0 aromatic heterocycles. The number of aromatic carboxylic acids is 1. The van der Waals surface area contributed by atoms with Gasteiger partial charge in [-0.25, -0.2) is 4.79 Å². The van der Waals surface area contributed by atoms with Crippen molar-refractivity contribution < 1.29 is 32.7 Å². The lowest BCUT2D eigenvalue weighted by Gasteiger charge is -2.10. The number of rotatable bonds is 8. The van der Waals surface area contributed by atoms with Gasteiger partial charge in [0.15, 0.2) is 0 Å². The zero-order chi connectivity index (χ0) is 24.9. The molecular weight excluding hydrogens is 523 g/mol. The van der Waals surface area contributed by atoms with Gasteiger partial charge in [0.1, 0.15) is 18.0 Å². The van der Waals surface area contributed by atoms with E-state index in [0.29, 0.717) is 33.5 Å². The average Bonchev–Trinajstić information content (AvgIpc) is 2.78. The molecule has 0 amide bonds. The molecule has 0 fully saturated rings. The van der Waals surface area contributed by atoms with Crippen LogP contribution in [0.25, 0.3) is 0 Å². The third kappa shape index (κ3) is 6.32. The fourth-order valence-electron chi connectivity index (χ4n) is 2.78. The van der Waals surface area contributed by atoms with E-state index in [4.69, 9.17) is 9.84 Å². The number of nitrogens with zero attached hydrogens (tertiary/aromatic N) is 2. The summed E-state index contributed by atoms with van der Waals surface area (Å²) in [5.74, 6) is -0.641. The lowest BCUT2D eigenvalue weighted by atomic mass is 10.1. The number of ether oxygens (including phenoxy) is 1. The minimum atomic E-state index is -4.72. The van der Waals surface area contributed by atoms with E-state index in [9.17, 15) is 28.1 Å². The Morgan fingerprint density at radius 1 is 1.15 bits per heavy atom. The van der Waals surface area contributed by atoms with E-state index in [2.05, 4.69) is 26.5 Å². The van der Waals surface area contributed by atoms with Crippen LogP contribution in [0.5, 0.6) is 5.75 Å². The summed E-state index contributed by atoms with van der Waals surface area (Å²) in [5, 5.41) is 24.1. The van der Waals surface area contributed by atoms with E-state index in [-0.39, 0.29) is 17.9 Å². The molecule has 0 spiro atoms. The average molecular weight is 538 g/mol.